The van der Waals surface area contributed by atoms with Crippen LogP contribution in [0.15, 0.2) is 17.5 Å². The van der Waals surface area contributed by atoms with Crippen molar-refractivity contribution in [2.45, 2.75) is 6.92 Å². The summed E-state index contributed by atoms with van der Waals surface area (Å²) in [7, 11) is 0. The molecule has 1 unspecified atom stereocenters. The summed E-state index contributed by atoms with van der Waals surface area (Å²) in [6.45, 7) is 6.33. The van der Waals surface area contributed by atoms with E-state index in [9.17, 15) is 4.79 Å². The lowest BCUT2D eigenvalue weighted by molar-refractivity contribution is 0.0313. The van der Waals surface area contributed by atoms with Gasteiger partial charge in [-0.05, 0) is 11.4 Å². The SMILES string of the molecule is CC(CN1CCOCC1)C(=O)c1cccs1. The van der Waals surface area contributed by atoms with Gasteiger partial charge in [0.25, 0.3) is 0 Å². The Hall–Kier alpha value is -0.710. The minimum Gasteiger partial charge on any atom is -0.379 e. The molecule has 0 radical (unpaired) electrons. The van der Waals surface area contributed by atoms with Crippen LogP contribution in [0.5, 0.6) is 0 Å². The lowest BCUT2D eigenvalue weighted by Crippen LogP contribution is -2.40. The summed E-state index contributed by atoms with van der Waals surface area (Å²) in [5.41, 5.74) is 0. The van der Waals surface area contributed by atoms with Crippen LogP contribution >= 0.6 is 11.3 Å². The maximum Gasteiger partial charge on any atom is 0.176 e. The highest BCUT2D eigenvalue weighted by atomic mass is 32.1. The molecule has 0 aliphatic carbocycles. The van der Waals surface area contributed by atoms with Gasteiger partial charge in [-0.25, -0.2) is 0 Å². The van der Waals surface area contributed by atoms with Crippen molar-refractivity contribution in [3.63, 3.8) is 0 Å². The van der Waals surface area contributed by atoms with Crippen molar-refractivity contribution in [1.29, 1.82) is 0 Å². The van der Waals surface area contributed by atoms with Crippen molar-refractivity contribution in [2.75, 3.05) is 32.8 Å². The van der Waals surface area contributed by atoms with Crippen LogP contribution in [0.3, 0.4) is 0 Å². The first kappa shape index (κ1) is 11.8. The van der Waals surface area contributed by atoms with E-state index in [-0.39, 0.29) is 11.7 Å². The van der Waals surface area contributed by atoms with Crippen molar-refractivity contribution in [3.05, 3.63) is 22.4 Å². The third-order valence-electron chi connectivity index (χ3n) is 2.85. The van der Waals surface area contributed by atoms with Gasteiger partial charge in [0.05, 0.1) is 18.1 Å². The van der Waals surface area contributed by atoms with E-state index in [2.05, 4.69) is 4.90 Å². The first-order chi connectivity index (χ1) is 7.77. The van der Waals surface area contributed by atoms with E-state index in [4.69, 9.17) is 4.74 Å². The van der Waals surface area contributed by atoms with Crippen LogP contribution in [0, 0.1) is 5.92 Å². The van der Waals surface area contributed by atoms with Gasteiger partial charge in [0.2, 0.25) is 0 Å². The summed E-state index contributed by atoms with van der Waals surface area (Å²) in [5.74, 6) is 0.346. The molecule has 1 fully saturated rings. The van der Waals surface area contributed by atoms with Crippen LogP contribution in [0.4, 0.5) is 0 Å². The Balaban J connectivity index is 1.87. The summed E-state index contributed by atoms with van der Waals surface area (Å²) in [5, 5.41) is 1.95. The van der Waals surface area contributed by atoms with Gasteiger partial charge in [-0.15, -0.1) is 11.3 Å². The first-order valence-corrected chi connectivity index (χ1v) is 6.53. The number of morpholine rings is 1. The second kappa shape index (κ2) is 5.57. The molecule has 0 saturated carbocycles. The molecule has 16 heavy (non-hydrogen) atoms. The van der Waals surface area contributed by atoms with Crippen LogP contribution in [-0.4, -0.2) is 43.5 Å². The highest BCUT2D eigenvalue weighted by Crippen LogP contribution is 2.15. The molecule has 1 aliphatic heterocycles. The van der Waals surface area contributed by atoms with Gasteiger partial charge in [0, 0.05) is 25.6 Å². The zero-order valence-corrected chi connectivity index (χ0v) is 10.3. The van der Waals surface area contributed by atoms with Crippen molar-refractivity contribution in [1.82, 2.24) is 4.90 Å². The molecule has 2 rings (SSSR count). The number of ketones is 1. The van der Waals surface area contributed by atoms with Crippen LogP contribution < -0.4 is 0 Å². The minimum atomic E-state index is 0.0803. The van der Waals surface area contributed by atoms with Gasteiger partial charge in [-0.2, -0.15) is 0 Å². The van der Waals surface area contributed by atoms with E-state index >= 15 is 0 Å². The number of carbonyl (C=O) groups is 1. The molecule has 1 atom stereocenters. The largest absolute Gasteiger partial charge is 0.379 e. The van der Waals surface area contributed by atoms with E-state index < -0.39 is 0 Å². The smallest absolute Gasteiger partial charge is 0.176 e. The van der Waals surface area contributed by atoms with Crippen molar-refractivity contribution < 1.29 is 9.53 Å². The Kier molecular flexibility index (Phi) is 4.09. The molecule has 1 aromatic rings. The molecular weight excluding hydrogens is 222 g/mol. The zero-order chi connectivity index (χ0) is 11.4. The molecule has 88 valence electrons. The number of rotatable bonds is 4. The minimum absolute atomic E-state index is 0.0803. The van der Waals surface area contributed by atoms with Crippen molar-refractivity contribution >= 4 is 17.1 Å². The van der Waals surface area contributed by atoms with Crippen LogP contribution in [-0.2, 0) is 4.74 Å². The topological polar surface area (TPSA) is 29.5 Å². The Labute approximate surface area is 100 Å². The number of nitrogens with zero attached hydrogens (tertiary/aromatic N) is 1. The molecule has 0 amide bonds. The van der Waals surface area contributed by atoms with Gasteiger partial charge >= 0.3 is 0 Å². The average molecular weight is 239 g/mol. The molecule has 4 heteroatoms. The van der Waals surface area contributed by atoms with Gasteiger partial charge in [0.1, 0.15) is 0 Å². The highest BCUT2D eigenvalue weighted by Gasteiger charge is 2.20. The van der Waals surface area contributed by atoms with Crippen LogP contribution in [0.1, 0.15) is 16.6 Å². The molecule has 0 bridgehead atoms. The number of carbonyl (C=O) groups excluding carboxylic acids is 1. The normalized spacial score (nSPS) is 19.6. The third-order valence-corrected chi connectivity index (χ3v) is 3.73. The van der Waals surface area contributed by atoms with Gasteiger partial charge < -0.3 is 4.74 Å². The Morgan fingerprint density at radius 2 is 2.31 bits per heavy atom. The molecule has 3 nitrogen and oxygen atoms in total. The number of hydrogen-bond acceptors (Lipinski definition) is 4. The Morgan fingerprint density at radius 3 is 2.94 bits per heavy atom. The maximum absolute atomic E-state index is 12.0. The number of Topliss-reactive ketones (excluding diaryl/α,β-unsaturated/α-hetero) is 1. The Morgan fingerprint density at radius 1 is 1.56 bits per heavy atom. The second-order valence-electron chi connectivity index (χ2n) is 4.16. The predicted octanol–water partition coefficient (Wildman–Crippen LogP) is 1.90. The second-order valence-corrected chi connectivity index (χ2v) is 5.10. The number of ether oxygens (including phenoxy) is 1. The summed E-state index contributed by atoms with van der Waals surface area (Å²) < 4.78 is 5.29. The average Bonchev–Trinajstić information content (AvgIpc) is 2.83. The quantitative estimate of drug-likeness (QED) is 0.752. The monoisotopic (exact) mass is 239 g/mol. The summed E-state index contributed by atoms with van der Waals surface area (Å²) in [4.78, 5) is 15.2. The predicted molar refractivity (Wildman–Crippen MR) is 65.1 cm³/mol. The fourth-order valence-electron chi connectivity index (χ4n) is 1.92. The lowest BCUT2D eigenvalue weighted by Gasteiger charge is -2.28. The molecule has 1 aromatic heterocycles. The fourth-order valence-corrected chi connectivity index (χ4v) is 2.69. The van der Waals surface area contributed by atoms with Gasteiger partial charge in [0.15, 0.2) is 5.78 Å². The third kappa shape index (κ3) is 2.90. The molecular formula is C12H17NO2S. The maximum atomic E-state index is 12.0. The van der Waals surface area contributed by atoms with Gasteiger partial charge in [-0.1, -0.05) is 13.0 Å². The van der Waals surface area contributed by atoms with E-state index in [0.717, 1.165) is 37.7 Å². The fraction of sp³-hybridized carbons (Fsp3) is 0.583. The number of hydrogen-bond donors (Lipinski definition) is 0. The molecule has 0 aromatic carbocycles. The molecule has 0 N–H and O–H groups in total. The number of thiophene rings is 1. The summed E-state index contributed by atoms with van der Waals surface area (Å²) in [6, 6.07) is 3.84. The van der Waals surface area contributed by atoms with Crippen molar-refractivity contribution in [3.8, 4) is 0 Å². The highest BCUT2D eigenvalue weighted by molar-refractivity contribution is 7.12. The van der Waals surface area contributed by atoms with Crippen LogP contribution in [0.25, 0.3) is 0 Å². The molecule has 2 heterocycles. The Bertz CT molecular complexity index is 331. The first-order valence-electron chi connectivity index (χ1n) is 5.65. The zero-order valence-electron chi connectivity index (χ0n) is 9.52. The van der Waals surface area contributed by atoms with Crippen LogP contribution in [0.2, 0.25) is 0 Å². The summed E-state index contributed by atoms with van der Waals surface area (Å²) >= 11 is 1.53. The summed E-state index contributed by atoms with van der Waals surface area (Å²) in [6.07, 6.45) is 0. The van der Waals surface area contributed by atoms with E-state index in [1.807, 2.05) is 24.4 Å². The van der Waals surface area contributed by atoms with E-state index in [0.29, 0.717) is 0 Å². The van der Waals surface area contributed by atoms with E-state index in [1.165, 1.54) is 11.3 Å². The molecule has 0 spiro atoms. The van der Waals surface area contributed by atoms with E-state index in [1.54, 1.807) is 0 Å². The lowest BCUT2D eigenvalue weighted by atomic mass is 10.0. The van der Waals surface area contributed by atoms with Gasteiger partial charge in [-0.3, -0.25) is 9.69 Å². The molecule has 1 saturated heterocycles. The standard InChI is InChI=1S/C12H17NO2S/c1-10(9-13-4-6-15-7-5-13)12(14)11-3-2-8-16-11/h2-3,8,10H,4-7,9H2,1H3. The van der Waals surface area contributed by atoms with Crippen molar-refractivity contribution in [2.24, 2.45) is 5.92 Å². The molecule has 1 aliphatic rings.